The molecule has 0 spiro atoms. The summed E-state index contributed by atoms with van der Waals surface area (Å²) in [6.45, 7) is 5.17. The first-order valence-corrected chi connectivity index (χ1v) is 4.92. The highest BCUT2D eigenvalue weighted by Crippen LogP contribution is 2.17. The Labute approximate surface area is 83.3 Å². The lowest BCUT2D eigenvalue weighted by molar-refractivity contribution is 0.0238. The summed E-state index contributed by atoms with van der Waals surface area (Å²) in [4.78, 5) is 2.30. The lowest BCUT2D eigenvalue weighted by Gasteiger charge is -2.38. The predicted molar refractivity (Wildman–Crippen MR) is 52.9 cm³/mol. The maximum absolute atomic E-state index is 12.6. The normalized spacial score (nSPS) is 17.9. The topological polar surface area (TPSA) is 12.5 Å². The zero-order valence-electron chi connectivity index (χ0n) is 8.24. The first kappa shape index (κ1) is 9.46. The Morgan fingerprint density at radius 3 is 2.57 bits per heavy atom. The van der Waals surface area contributed by atoms with Crippen molar-refractivity contribution in [2.24, 2.45) is 0 Å². The summed E-state index contributed by atoms with van der Waals surface area (Å²) < 4.78 is 18.2. The minimum Gasteiger partial charge on any atom is -0.488 e. The molecule has 0 aliphatic carbocycles. The van der Waals surface area contributed by atoms with E-state index < -0.39 is 0 Å². The zero-order chi connectivity index (χ0) is 9.97. The molecule has 1 saturated heterocycles. The van der Waals surface area contributed by atoms with Crippen LogP contribution in [0, 0.1) is 5.82 Å². The van der Waals surface area contributed by atoms with Gasteiger partial charge in [0.15, 0.2) is 0 Å². The summed E-state index contributed by atoms with van der Waals surface area (Å²) in [7, 11) is 0. The molecule has 0 aromatic heterocycles. The number of ether oxygens (including phenoxy) is 1. The number of nitrogens with zero attached hydrogens (tertiary/aromatic N) is 1. The molecule has 2 nitrogen and oxygen atoms in total. The largest absolute Gasteiger partial charge is 0.488 e. The van der Waals surface area contributed by atoms with Crippen molar-refractivity contribution in [1.29, 1.82) is 0 Å². The quantitative estimate of drug-likeness (QED) is 0.730. The molecule has 1 heterocycles. The van der Waals surface area contributed by atoms with Crippen LogP contribution < -0.4 is 4.74 Å². The van der Waals surface area contributed by atoms with Crippen LogP contribution in [-0.4, -0.2) is 30.6 Å². The van der Waals surface area contributed by atoms with Gasteiger partial charge in [0.25, 0.3) is 0 Å². The van der Waals surface area contributed by atoms with Gasteiger partial charge in [-0.1, -0.05) is 6.92 Å². The van der Waals surface area contributed by atoms with Gasteiger partial charge in [-0.2, -0.15) is 0 Å². The van der Waals surface area contributed by atoms with Crippen molar-refractivity contribution < 1.29 is 9.13 Å². The molecule has 2 rings (SSSR count). The van der Waals surface area contributed by atoms with Crippen molar-refractivity contribution in [2.45, 2.75) is 13.0 Å². The number of rotatable bonds is 3. The second-order valence-corrected chi connectivity index (χ2v) is 3.55. The molecular weight excluding hydrogens is 181 g/mol. The molecule has 1 aliphatic rings. The average molecular weight is 195 g/mol. The summed E-state index contributed by atoms with van der Waals surface area (Å²) in [5.74, 6) is 0.535. The van der Waals surface area contributed by atoms with Crippen LogP contribution in [0.3, 0.4) is 0 Å². The Balaban J connectivity index is 1.84. The molecule has 0 unspecified atom stereocenters. The summed E-state index contributed by atoms with van der Waals surface area (Å²) >= 11 is 0. The second kappa shape index (κ2) is 3.96. The zero-order valence-corrected chi connectivity index (χ0v) is 8.24. The molecule has 0 saturated carbocycles. The molecule has 1 aromatic carbocycles. The predicted octanol–water partition coefficient (Wildman–Crippen LogP) is 1.91. The fourth-order valence-electron chi connectivity index (χ4n) is 1.56. The van der Waals surface area contributed by atoms with Gasteiger partial charge in [0.1, 0.15) is 17.7 Å². The third-order valence-corrected chi connectivity index (χ3v) is 2.49. The summed E-state index contributed by atoms with van der Waals surface area (Å²) in [6, 6.07) is 6.19. The van der Waals surface area contributed by atoms with E-state index in [-0.39, 0.29) is 11.9 Å². The SMILES string of the molecule is CCN1CC(Oc2ccc(F)cc2)C1. The Kier molecular flexibility index (Phi) is 2.68. The lowest BCUT2D eigenvalue weighted by Crippen LogP contribution is -2.53. The van der Waals surface area contributed by atoms with Crippen LogP contribution in [-0.2, 0) is 0 Å². The molecule has 3 heteroatoms. The molecule has 0 radical (unpaired) electrons. The lowest BCUT2D eigenvalue weighted by atomic mass is 10.2. The van der Waals surface area contributed by atoms with Gasteiger partial charge in [-0.15, -0.1) is 0 Å². The standard InChI is InChI=1S/C11H14FNO/c1-2-13-7-11(8-13)14-10-5-3-9(12)4-6-10/h3-6,11H,2,7-8H2,1H3. The van der Waals surface area contributed by atoms with Gasteiger partial charge < -0.3 is 4.74 Å². The molecule has 0 N–H and O–H groups in total. The van der Waals surface area contributed by atoms with E-state index in [9.17, 15) is 4.39 Å². The summed E-state index contributed by atoms with van der Waals surface area (Å²) in [6.07, 6.45) is 0.278. The van der Waals surface area contributed by atoms with Gasteiger partial charge >= 0.3 is 0 Å². The number of halogens is 1. The first-order valence-electron chi connectivity index (χ1n) is 4.92. The van der Waals surface area contributed by atoms with Crippen molar-refractivity contribution in [3.8, 4) is 5.75 Å². The fourth-order valence-corrected chi connectivity index (χ4v) is 1.56. The van der Waals surface area contributed by atoms with Crippen molar-refractivity contribution in [2.75, 3.05) is 19.6 Å². The molecular formula is C11H14FNO. The van der Waals surface area contributed by atoms with Gasteiger partial charge in [-0.25, -0.2) is 4.39 Å². The van der Waals surface area contributed by atoms with Crippen LogP contribution >= 0.6 is 0 Å². The second-order valence-electron chi connectivity index (χ2n) is 3.55. The van der Waals surface area contributed by atoms with E-state index in [1.165, 1.54) is 12.1 Å². The summed E-state index contributed by atoms with van der Waals surface area (Å²) in [5.41, 5.74) is 0. The monoisotopic (exact) mass is 195 g/mol. The van der Waals surface area contributed by atoms with E-state index >= 15 is 0 Å². The van der Waals surface area contributed by atoms with Crippen LogP contribution in [0.4, 0.5) is 4.39 Å². The third kappa shape index (κ3) is 2.04. The average Bonchev–Trinajstić information content (AvgIpc) is 2.13. The van der Waals surface area contributed by atoms with E-state index in [0.717, 1.165) is 25.4 Å². The minimum atomic E-state index is -0.221. The van der Waals surface area contributed by atoms with Crippen molar-refractivity contribution in [3.63, 3.8) is 0 Å². The minimum absolute atomic E-state index is 0.221. The summed E-state index contributed by atoms with van der Waals surface area (Å²) in [5, 5.41) is 0. The first-order chi connectivity index (χ1) is 6.78. The number of likely N-dealkylation sites (tertiary alicyclic amines) is 1. The third-order valence-electron chi connectivity index (χ3n) is 2.49. The number of benzene rings is 1. The highest BCUT2D eigenvalue weighted by atomic mass is 19.1. The van der Waals surface area contributed by atoms with Crippen LogP contribution in [0.2, 0.25) is 0 Å². The van der Waals surface area contributed by atoms with E-state index in [0.29, 0.717) is 0 Å². The Hall–Kier alpha value is -1.09. The number of likely N-dealkylation sites (N-methyl/N-ethyl adjacent to an activating group) is 1. The van der Waals surface area contributed by atoms with Crippen LogP contribution in [0.5, 0.6) is 5.75 Å². The highest BCUT2D eigenvalue weighted by Gasteiger charge is 2.26. The van der Waals surface area contributed by atoms with E-state index in [1.807, 2.05) is 0 Å². The van der Waals surface area contributed by atoms with Crippen molar-refractivity contribution >= 4 is 0 Å². The molecule has 0 atom stereocenters. The Bertz CT molecular complexity index is 293. The van der Waals surface area contributed by atoms with Crippen molar-refractivity contribution in [3.05, 3.63) is 30.1 Å². The maximum Gasteiger partial charge on any atom is 0.124 e. The van der Waals surface area contributed by atoms with Crippen LogP contribution in [0.25, 0.3) is 0 Å². The highest BCUT2D eigenvalue weighted by molar-refractivity contribution is 5.22. The maximum atomic E-state index is 12.6. The van der Waals surface area contributed by atoms with Gasteiger partial charge in [-0.3, -0.25) is 4.90 Å². The van der Waals surface area contributed by atoms with Crippen molar-refractivity contribution in [1.82, 2.24) is 4.90 Å². The van der Waals surface area contributed by atoms with Gasteiger partial charge in [0, 0.05) is 13.1 Å². The molecule has 0 amide bonds. The Morgan fingerprint density at radius 1 is 1.36 bits per heavy atom. The Morgan fingerprint density at radius 2 is 2.00 bits per heavy atom. The molecule has 1 fully saturated rings. The molecule has 0 bridgehead atoms. The van der Waals surface area contributed by atoms with E-state index in [1.54, 1.807) is 12.1 Å². The van der Waals surface area contributed by atoms with Gasteiger partial charge in [0.05, 0.1) is 0 Å². The number of hydrogen-bond donors (Lipinski definition) is 0. The van der Waals surface area contributed by atoms with Gasteiger partial charge in [-0.05, 0) is 30.8 Å². The molecule has 1 aromatic rings. The molecule has 76 valence electrons. The number of hydrogen-bond acceptors (Lipinski definition) is 2. The fraction of sp³-hybridized carbons (Fsp3) is 0.455. The molecule has 14 heavy (non-hydrogen) atoms. The van der Waals surface area contributed by atoms with Crippen LogP contribution in [0.15, 0.2) is 24.3 Å². The van der Waals surface area contributed by atoms with E-state index in [2.05, 4.69) is 11.8 Å². The van der Waals surface area contributed by atoms with Crippen LogP contribution in [0.1, 0.15) is 6.92 Å². The van der Waals surface area contributed by atoms with E-state index in [4.69, 9.17) is 4.74 Å². The molecule has 1 aliphatic heterocycles. The smallest absolute Gasteiger partial charge is 0.124 e. The van der Waals surface area contributed by atoms with Gasteiger partial charge in [0.2, 0.25) is 0 Å².